The van der Waals surface area contributed by atoms with Crippen molar-refractivity contribution in [1.82, 2.24) is 5.32 Å². The van der Waals surface area contributed by atoms with Crippen LogP contribution in [0.4, 0.5) is 11.4 Å². The van der Waals surface area contributed by atoms with Crippen LogP contribution in [0.15, 0.2) is 47.4 Å². The van der Waals surface area contributed by atoms with Crippen LogP contribution in [0.25, 0.3) is 0 Å². The minimum Gasteiger partial charge on any atom is -0.370 e. The van der Waals surface area contributed by atoms with Gasteiger partial charge in [0.2, 0.25) is 5.91 Å². The maximum Gasteiger partial charge on any atom is 0.251 e. The molecule has 0 aromatic heterocycles. The molecule has 0 spiro atoms. The molecule has 0 unspecified atom stereocenters. The van der Waals surface area contributed by atoms with Crippen molar-refractivity contribution in [3.8, 4) is 0 Å². The molecule has 2 N–H and O–H groups in total. The van der Waals surface area contributed by atoms with E-state index in [1.165, 1.54) is 17.3 Å². The molecule has 0 atom stereocenters. The predicted octanol–water partition coefficient (Wildman–Crippen LogP) is 3.30. The van der Waals surface area contributed by atoms with Crippen LogP contribution in [-0.2, 0) is 4.79 Å². The zero-order chi connectivity index (χ0) is 18.5. The van der Waals surface area contributed by atoms with Crippen LogP contribution in [0.1, 0.15) is 22.8 Å². The fourth-order valence-corrected chi connectivity index (χ4v) is 3.71. The van der Waals surface area contributed by atoms with Gasteiger partial charge < -0.3 is 15.5 Å². The van der Waals surface area contributed by atoms with Gasteiger partial charge >= 0.3 is 0 Å². The SMILES string of the molecule is CCN(CCNC(=O)c1ccc2c(c1)NC(=O)CS2)c1cccc(C)c1. The number of thioether (sulfide) groups is 1. The number of nitrogens with zero attached hydrogens (tertiary/aromatic N) is 1. The van der Waals surface area contributed by atoms with Crippen LogP contribution in [0.3, 0.4) is 0 Å². The Morgan fingerprint density at radius 1 is 1.27 bits per heavy atom. The molecule has 0 saturated carbocycles. The molecule has 136 valence electrons. The first-order chi connectivity index (χ1) is 12.6. The number of rotatable bonds is 6. The van der Waals surface area contributed by atoms with Gasteiger partial charge in [0.1, 0.15) is 0 Å². The van der Waals surface area contributed by atoms with Crippen LogP contribution < -0.4 is 15.5 Å². The summed E-state index contributed by atoms with van der Waals surface area (Å²) in [5, 5.41) is 5.78. The predicted molar refractivity (Wildman–Crippen MR) is 107 cm³/mol. The summed E-state index contributed by atoms with van der Waals surface area (Å²) in [6.07, 6.45) is 0. The Kier molecular flexibility index (Phi) is 5.83. The van der Waals surface area contributed by atoms with Gasteiger partial charge in [-0.25, -0.2) is 0 Å². The third-order valence-corrected chi connectivity index (χ3v) is 5.36. The summed E-state index contributed by atoms with van der Waals surface area (Å²) in [7, 11) is 0. The second-order valence-corrected chi connectivity index (χ2v) is 7.24. The number of hydrogen-bond acceptors (Lipinski definition) is 4. The number of likely N-dealkylation sites (N-methyl/N-ethyl adjacent to an activating group) is 1. The molecule has 1 aliphatic heterocycles. The number of aryl methyl sites for hydroxylation is 1. The van der Waals surface area contributed by atoms with E-state index in [9.17, 15) is 9.59 Å². The molecule has 0 bridgehead atoms. The van der Waals surface area contributed by atoms with E-state index in [1.807, 2.05) is 12.1 Å². The molecule has 5 nitrogen and oxygen atoms in total. The van der Waals surface area contributed by atoms with Crippen molar-refractivity contribution in [2.75, 3.05) is 35.6 Å². The molecule has 2 aromatic carbocycles. The maximum atomic E-state index is 12.4. The van der Waals surface area contributed by atoms with E-state index in [4.69, 9.17) is 0 Å². The van der Waals surface area contributed by atoms with Gasteiger partial charge in [0.25, 0.3) is 5.91 Å². The number of anilines is 2. The Balaban J connectivity index is 1.58. The second kappa shape index (κ2) is 8.27. The molecule has 3 rings (SSSR count). The smallest absolute Gasteiger partial charge is 0.251 e. The fourth-order valence-electron chi connectivity index (χ4n) is 2.93. The standard InChI is InChI=1S/C20H23N3O2S/c1-3-23(16-6-4-5-14(2)11-16)10-9-21-20(25)15-7-8-18-17(12-15)22-19(24)13-26-18/h4-8,11-12H,3,9-10,13H2,1-2H3,(H,21,25)(H,22,24). The third kappa shape index (κ3) is 4.38. The maximum absolute atomic E-state index is 12.4. The lowest BCUT2D eigenvalue weighted by atomic mass is 10.2. The van der Waals surface area contributed by atoms with Crippen LogP contribution in [0.5, 0.6) is 0 Å². The van der Waals surface area contributed by atoms with Crippen molar-refractivity contribution in [3.63, 3.8) is 0 Å². The highest BCUT2D eigenvalue weighted by atomic mass is 32.2. The van der Waals surface area contributed by atoms with Crippen molar-refractivity contribution in [2.24, 2.45) is 0 Å². The zero-order valence-corrected chi connectivity index (χ0v) is 15.9. The van der Waals surface area contributed by atoms with Gasteiger partial charge in [-0.3, -0.25) is 9.59 Å². The summed E-state index contributed by atoms with van der Waals surface area (Å²) in [6, 6.07) is 13.8. The average Bonchev–Trinajstić information content (AvgIpc) is 2.64. The van der Waals surface area contributed by atoms with E-state index < -0.39 is 0 Å². The molecule has 26 heavy (non-hydrogen) atoms. The summed E-state index contributed by atoms with van der Waals surface area (Å²) in [4.78, 5) is 27.2. The topological polar surface area (TPSA) is 61.4 Å². The molecule has 0 aliphatic carbocycles. The van der Waals surface area contributed by atoms with Gasteiger partial charge in [0, 0.05) is 35.8 Å². The lowest BCUT2D eigenvalue weighted by Crippen LogP contribution is -2.35. The highest BCUT2D eigenvalue weighted by molar-refractivity contribution is 8.00. The number of amides is 2. The summed E-state index contributed by atoms with van der Waals surface area (Å²) < 4.78 is 0. The van der Waals surface area contributed by atoms with E-state index in [0.29, 0.717) is 23.5 Å². The van der Waals surface area contributed by atoms with E-state index in [1.54, 1.807) is 12.1 Å². The Morgan fingerprint density at radius 2 is 2.12 bits per heavy atom. The molecule has 1 heterocycles. The van der Waals surface area contributed by atoms with Crippen molar-refractivity contribution >= 4 is 35.0 Å². The summed E-state index contributed by atoms with van der Waals surface area (Å²) >= 11 is 1.49. The number of nitrogens with one attached hydrogen (secondary N) is 2. The second-order valence-electron chi connectivity index (χ2n) is 6.22. The van der Waals surface area contributed by atoms with Gasteiger partial charge in [0.05, 0.1) is 11.4 Å². The van der Waals surface area contributed by atoms with Crippen LogP contribution in [0.2, 0.25) is 0 Å². The summed E-state index contributed by atoms with van der Waals surface area (Å²) in [5.41, 5.74) is 3.66. The number of fused-ring (bicyclic) bond motifs is 1. The first-order valence-corrected chi connectivity index (χ1v) is 9.72. The van der Waals surface area contributed by atoms with Crippen molar-refractivity contribution in [3.05, 3.63) is 53.6 Å². The normalized spacial score (nSPS) is 12.9. The van der Waals surface area contributed by atoms with Crippen molar-refractivity contribution in [1.29, 1.82) is 0 Å². The minimum absolute atomic E-state index is 0.0307. The molecule has 0 fully saturated rings. The van der Waals surface area contributed by atoms with Gasteiger partial charge in [-0.05, 0) is 49.7 Å². The van der Waals surface area contributed by atoms with Gasteiger partial charge in [-0.1, -0.05) is 12.1 Å². The highest BCUT2D eigenvalue weighted by Gasteiger charge is 2.17. The molecular formula is C20H23N3O2S. The van der Waals surface area contributed by atoms with Crippen LogP contribution in [-0.4, -0.2) is 37.2 Å². The number of carbonyl (C=O) groups is 2. The summed E-state index contributed by atoms with van der Waals surface area (Å²) in [5.74, 6) is 0.263. The fraction of sp³-hybridized carbons (Fsp3) is 0.300. The number of carbonyl (C=O) groups excluding carboxylic acids is 2. The van der Waals surface area contributed by atoms with Crippen molar-refractivity contribution < 1.29 is 9.59 Å². The highest BCUT2D eigenvalue weighted by Crippen LogP contribution is 2.31. The molecule has 6 heteroatoms. The molecular weight excluding hydrogens is 346 g/mol. The number of benzene rings is 2. The lowest BCUT2D eigenvalue weighted by molar-refractivity contribution is -0.113. The minimum atomic E-state index is -0.127. The Labute approximate surface area is 158 Å². The summed E-state index contributed by atoms with van der Waals surface area (Å²) in [6.45, 7) is 6.35. The zero-order valence-electron chi connectivity index (χ0n) is 15.0. The van der Waals surface area contributed by atoms with E-state index >= 15 is 0 Å². The lowest BCUT2D eigenvalue weighted by Gasteiger charge is -2.23. The van der Waals surface area contributed by atoms with Gasteiger partial charge in [-0.15, -0.1) is 11.8 Å². The Morgan fingerprint density at radius 3 is 2.88 bits per heavy atom. The third-order valence-electron chi connectivity index (χ3n) is 4.29. The van der Waals surface area contributed by atoms with Gasteiger partial charge in [-0.2, -0.15) is 0 Å². The molecule has 0 radical (unpaired) electrons. The van der Waals surface area contributed by atoms with Crippen LogP contribution >= 0.6 is 11.8 Å². The largest absolute Gasteiger partial charge is 0.370 e. The Hall–Kier alpha value is -2.47. The average molecular weight is 369 g/mol. The van der Waals surface area contributed by atoms with E-state index in [-0.39, 0.29) is 11.8 Å². The molecule has 2 amide bonds. The van der Waals surface area contributed by atoms with E-state index in [2.05, 4.69) is 47.6 Å². The van der Waals surface area contributed by atoms with E-state index in [0.717, 1.165) is 23.7 Å². The first-order valence-electron chi connectivity index (χ1n) is 8.73. The van der Waals surface area contributed by atoms with Crippen LogP contribution in [0, 0.1) is 6.92 Å². The van der Waals surface area contributed by atoms with Crippen molar-refractivity contribution in [2.45, 2.75) is 18.7 Å². The Bertz CT molecular complexity index is 822. The monoisotopic (exact) mass is 369 g/mol. The van der Waals surface area contributed by atoms with Gasteiger partial charge in [0.15, 0.2) is 0 Å². The first kappa shape index (κ1) is 18.3. The quantitative estimate of drug-likeness (QED) is 0.820. The molecule has 2 aromatic rings. The molecule has 1 aliphatic rings. The molecule has 0 saturated heterocycles. The number of hydrogen-bond donors (Lipinski definition) is 2.